The summed E-state index contributed by atoms with van der Waals surface area (Å²) in [5, 5.41) is 0. The molecule has 100 valence electrons. The second kappa shape index (κ2) is 5.82. The van der Waals surface area contributed by atoms with E-state index in [0.29, 0.717) is 26.1 Å². The summed E-state index contributed by atoms with van der Waals surface area (Å²) in [4.78, 5) is 13.8. The van der Waals surface area contributed by atoms with E-state index in [4.69, 9.17) is 5.73 Å². The zero-order valence-corrected chi connectivity index (χ0v) is 11.4. The van der Waals surface area contributed by atoms with Crippen LogP contribution in [0, 0.1) is 11.8 Å². The van der Waals surface area contributed by atoms with Gasteiger partial charge in [-0.3, -0.25) is 4.79 Å². The number of sulfone groups is 1. The Labute approximate surface area is 103 Å². The van der Waals surface area contributed by atoms with Gasteiger partial charge in [0.1, 0.15) is 0 Å². The Bertz CT molecular complexity index is 365. The fraction of sp³-hybridized carbons (Fsp3) is 0.909. The van der Waals surface area contributed by atoms with Crippen LogP contribution in [0.4, 0.5) is 0 Å². The molecule has 0 saturated carbocycles. The Hall–Kier alpha value is -0.620. The Kier molecular flexibility index (Phi) is 4.94. The molecule has 0 spiro atoms. The van der Waals surface area contributed by atoms with E-state index in [2.05, 4.69) is 0 Å². The molecule has 1 rings (SSSR count). The molecule has 2 N–H and O–H groups in total. The average molecular weight is 262 g/mol. The number of nitrogens with zero attached hydrogens (tertiary/aromatic N) is 1. The third kappa shape index (κ3) is 3.96. The summed E-state index contributed by atoms with van der Waals surface area (Å²) < 4.78 is 22.9. The lowest BCUT2D eigenvalue weighted by atomic mass is 9.94. The van der Waals surface area contributed by atoms with Gasteiger partial charge in [0.25, 0.3) is 0 Å². The Morgan fingerprint density at radius 1 is 1.29 bits per heavy atom. The summed E-state index contributed by atoms with van der Waals surface area (Å²) in [7, 11) is -2.96. The minimum absolute atomic E-state index is 0.000370. The van der Waals surface area contributed by atoms with Crippen molar-refractivity contribution in [3.05, 3.63) is 0 Å². The first-order valence-corrected chi connectivity index (χ1v) is 7.89. The summed E-state index contributed by atoms with van der Waals surface area (Å²) in [5.41, 5.74) is 5.61. The molecule has 6 heteroatoms. The number of carbonyl (C=O) groups is 1. The minimum atomic E-state index is -2.96. The predicted molar refractivity (Wildman–Crippen MR) is 67.2 cm³/mol. The molecule has 0 aromatic heterocycles. The second-order valence-corrected chi connectivity index (χ2v) is 7.22. The zero-order chi connectivity index (χ0) is 13.1. The lowest BCUT2D eigenvalue weighted by Gasteiger charge is -2.27. The monoisotopic (exact) mass is 262 g/mol. The van der Waals surface area contributed by atoms with E-state index in [1.54, 1.807) is 4.90 Å². The Morgan fingerprint density at radius 2 is 1.94 bits per heavy atom. The molecule has 1 amide bonds. The fourth-order valence-electron chi connectivity index (χ4n) is 2.05. The molecule has 0 aromatic rings. The standard InChI is InChI=1S/C11H22N2O3S/c1-9(2)10(8-12)11(14)13-4-3-6-17(15,16)7-5-13/h9-10H,3-8,12H2,1-2H3. The third-order valence-electron chi connectivity index (χ3n) is 3.24. The summed E-state index contributed by atoms with van der Waals surface area (Å²) >= 11 is 0. The molecule has 0 bridgehead atoms. The van der Waals surface area contributed by atoms with Gasteiger partial charge in [-0.25, -0.2) is 8.42 Å². The van der Waals surface area contributed by atoms with Gasteiger partial charge < -0.3 is 10.6 Å². The summed E-state index contributed by atoms with van der Waals surface area (Å²) in [6.45, 7) is 5.08. The number of carbonyl (C=O) groups excluding carboxylic acids is 1. The van der Waals surface area contributed by atoms with Gasteiger partial charge in [0, 0.05) is 19.6 Å². The highest BCUT2D eigenvalue weighted by molar-refractivity contribution is 7.91. The normalized spacial score (nSPS) is 22.2. The number of hydrogen-bond donors (Lipinski definition) is 1. The van der Waals surface area contributed by atoms with Crippen molar-refractivity contribution in [3.63, 3.8) is 0 Å². The van der Waals surface area contributed by atoms with Crippen LogP contribution in [0.2, 0.25) is 0 Å². The van der Waals surface area contributed by atoms with Gasteiger partial charge in [-0.05, 0) is 12.3 Å². The van der Waals surface area contributed by atoms with Gasteiger partial charge in [-0.1, -0.05) is 13.8 Å². The van der Waals surface area contributed by atoms with Gasteiger partial charge in [0.2, 0.25) is 5.91 Å². The van der Waals surface area contributed by atoms with Crippen molar-refractivity contribution in [1.29, 1.82) is 0 Å². The molecular formula is C11H22N2O3S. The summed E-state index contributed by atoms with van der Waals surface area (Å²) in [5.74, 6) is 0.252. The Balaban J connectivity index is 2.70. The smallest absolute Gasteiger partial charge is 0.227 e. The third-order valence-corrected chi connectivity index (χ3v) is 4.96. The van der Waals surface area contributed by atoms with Crippen LogP contribution in [0.5, 0.6) is 0 Å². The predicted octanol–water partition coefficient (Wildman–Crippen LogP) is -0.136. The van der Waals surface area contributed by atoms with Gasteiger partial charge in [0.15, 0.2) is 9.84 Å². The topological polar surface area (TPSA) is 80.5 Å². The van der Waals surface area contributed by atoms with E-state index in [1.165, 1.54) is 0 Å². The van der Waals surface area contributed by atoms with E-state index < -0.39 is 9.84 Å². The van der Waals surface area contributed by atoms with Crippen molar-refractivity contribution >= 4 is 15.7 Å². The molecule has 1 atom stereocenters. The number of amides is 1. The molecule has 1 unspecified atom stereocenters. The highest BCUT2D eigenvalue weighted by atomic mass is 32.2. The number of hydrogen-bond acceptors (Lipinski definition) is 4. The molecule has 1 saturated heterocycles. The fourth-order valence-corrected chi connectivity index (χ4v) is 3.32. The van der Waals surface area contributed by atoms with Crippen molar-refractivity contribution < 1.29 is 13.2 Å². The van der Waals surface area contributed by atoms with Crippen LogP contribution < -0.4 is 5.73 Å². The molecule has 1 aliphatic heterocycles. The van der Waals surface area contributed by atoms with Crippen molar-refractivity contribution in [2.75, 3.05) is 31.1 Å². The van der Waals surface area contributed by atoms with Gasteiger partial charge >= 0.3 is 0 Å². The van der Waals surface area contributed by atoms with Crippen LogP contribution in [-0.2, 0) is 14.6 Å². The quantitative estimate of drug-likeness (QED) is 0.768. The van der Waals surface area contributed by atoms with Crippen molar-refractivity contribution in [1.82, 2.24) is 4.90 Å². The van der Waals surface area contributed by atoms with Crippen molar-refractivity contribution in [3.8, 4) is 0 Å². The van der Waals surface area contributed by atoms with Crippen LogP contribution in [-0.4, -0.2) is 50.4 Å². The van der Waals surface area contributed by atoms with Crippen LogP contribution in [0.3, 0.4) is 0 Å². The minimum Gasteiger partial charge on any atom is -0.341 e. The van der Waals surface area contributed by atoms with E-state index in [9.17, 15) is 13.2 Å². The van der Waals surface area contributed by atoms with E-state index in [-0.39, 0.29) is 29.2 Å². The van der Waals surface area contributed by atoms with Gasteiger partial charge in [0.05, 0.1) is 17.4 Å². The van der Waals surface area contributed by atoms with Gasteiger partial charge in [-0.15, -0.1) is 0 Å². The van der Waals surface area contributed by atoms with Crippen LogP contribution in [0.25, 0.3) is 0 Å². The largest absolute Gasteiger partial charge is 0.341 e. The van der Waals surface area contributed by atoms with E-state index in [0.717, 1.165) is 0 Å². The first-order chi connectivity index (χ1) is 7.87. The van der Waals surface area contributed by atoms with Crippen molar-refractivity contribution in [2.45, 2.75) is 20.3 Å². The summed E-state index contributed by atoms with van der Waals surface area (Å²) in [6, 6.07) is 0. The molecule has 17 heavy (non-hydrogen) atoms. The molecule has 5 nitrogen and oxygen atoms in total. The lowest BCUT2D eigenvalue weighted by molar-refractivity contribution is -0.136. The maximum Gasteiger partial charge on any atom is 0.227 e. The molecule has 1 aliphatic rings. The van der Waals surface area contributed by atoms with Crippen LogP contribution in [0.15, 0.2) is 0 Å². The Morgan fingerprint density at radius 3 is 2.47 bits per heavy atom. The maximum atomic E-state index is 12.2. The van der Waals surface area contributed by atoms with Crippen molar-refractivity contribution in [2.24, 2.45) is 17.6 Å². The summed E-state index contributed by atoms with van der Waals surface area (Å²) in [6.07, 6.45) is 0.531. The number of rotatable bonds is 3. The molecular weight excluding hydrogens is 240 g/mol. The second-order valence-electron chi connectivity index (χ2n) is 4.92. The average Bonchev–Trinajstić information content (AvgIpc) is 2.39. The lowest BCUT2D eigenvalue weighted by Crippen LogP contribution is -2.42. The van der Waals surface area contributed by atoms with E-state index in [1.807, 2.05) is 13.8 Å². The van der Waals surface area contributed by atoms with E-state index >= 15 is 0 Å². The molecule has 1 heterocycles. The molecule has 0 radical (unpaired) electrons. The molecule has 0 aliphatic carbocycles. The molecule has 1 fully saturated rings. The first-order valence-electron chi connectivity index (χ1n) is 6.06. The zero-order valence-electron chi connectivity index (χ0n) is 10.6. The SMILES string of the molecule is CC(C)C(CN)C(=O)N1CCCS(=O)(=O)CC1. The maximum absolute atomic E-state index is 12.2. The molecule has 0 aromatic carbocycles. The van der Waals surface area contributed by atoms with Crippen LogP contribution >= 0.6 is 0 Å². The highest BCUT2D eigenvalue weighted by Gasteiger charge is 2.28. The number of nitrogens with two attached hydrogens (primary N) is 1. The first kappa shape index (κ1) is 14.4. The van der Waals surface area contributed by atoms with Crippen LogP contribution in [0.1, 0.15) is 20.3 Å². The highest BCUT2D eigenvalue weighted by Crippen LogP contribution is 2.15. The van der Waals surface area contributed by atoms with Gasteiger partial charge in [-0.2, -0.15) is 0 Å².